The SMILES string of the molecule is CCCCC(N)C(=O)Nc1ccc(C(F)(F)F)nc1. The Kier molecular flexibility index (Phi) is 5.29. The van der Waals surface area contributed by atoms with Crippen LogP contribution in [0.25, 0.3) is 0 Å². The summed E-state index contributed by atoms with van der Waals surface area (Å²) < 4.78 is 36.8. The highest BCUT2D eigenvalue weighted by atomic mass is 19.4. The number of hydrogen-bond donors (Lipinski definition) is 2. The highest BCUT2D eigenvalue weighted by Gasteiger charge is 2.32. The fourth-order valence-corrected chi connectivity index (χ4v) is 1.43. The number of nitrogens with one attached hydrogen (secondary N) is 1. The first-order valence-electron chi connectivity index (χ1n) is 5.94. The van der Waals surface area contributed by atoms with Crippen LogP contribution in [0.2, 0.25) is 0 Å². The van der Waals surface area contributed by atoms with Crippen molar-refractivity contribution in [2.24, 2.45) is 5.73 Å². The summed E-state index contributed by atoms with van der Waals surface area (Å²) in [5.41, 5.74) is 4.84. The fourth-order valence-electron chi connectivity index (χ4n) is 1.43. The van der Waals surface area contributed by atoms with E-state index in [1.807, 2.05) is 6.92 Å². The van der Waals surface area contributed by atoms with Gasteiger partial charge in [0.15, 0.2) is 0 Å². The molecule has 0 fully saturated rings. The lowest BCUT2D eigenvalue weighted by Crippen LogP contribution is -2.35. The summed E-state index contributed by atoms with van der Waals surface area (Å²) in [5, 5.41) is 2.44. The van der Waals surface area contributed by atoms with Crippen LogP contribution < -0.4 is 11.1 Å². The van der Waals surface area contributed by atoms with Crippen molar-refractivity contribution in [1.82, 2.24) is 4.98 Å². The number of carbonyl (C=O) groups excluding carboxylic acids is 1. The summed E-state index contributed by atoms with van der Waals surface area (Å²) in [6.45, 7) is 1.98. The molecular weight excluding hydrogens is 259 g/mol. The molecule has 0 aliphatic carbocycles. The largest absolute Gasteiger partial charge is 0.433 e. The molecule has 0 aliphatic heterocycles. The van der Waals surface area contributed by atoms with E-state index in [0.29, 0.717) is 6.42 Å². The molecule has 1 heterocycles. The van der Waals surface area contributed by atoms with E-state index in [4.69, 9.17) is 5.73 Å². The maximum absolute atomic E-state index is 12.3. The number of unbranched alkanes of at least 4 members (excludes halogenated alkanes) is 1. The lowest BCUT2D eigenvalue weighted by atomic mass is 10.1. The molecule has 1 atom stereocenters. The Morgan fingerprint density at radius 1 is 1.47 bits per heavy atom. The van der Waals surface area contributed by atoms with E-state index >= 15 is 0 Å². The Morgan fingerprint density at radius 2 is 2.16 bits per heavy atom. The standard InChI is InChI=1S/C12H16F3N3O/c1-2-3-4-9(16)11(19)18-8-5-6-10(17-7-8)12(13,14)15/h5-7,9H,2-4,16H2,1H3,(H,18,19). The van der Waals surface area contributed by atoms with Gasteiger partial charge >= 0.3 is 6.18 Å². The highest BCUT2D eigenvalue weighted by Crippen LogP contribution is 2.27. The molecule has 1 aromatic rings. The van der Waals surface area contributed by atoms with Gasteiger partial charge in [-0.3, -0.25) is 4.79 Å². The van der Waals surface area contributed by atoms with Crippen molar-refractivity contribution in [2.75, 3.05) is 5.32 Å². The number of hydrogen-bond acceptors (Lipinski definition) is 3. The monoisotopic (exact) mass is 275 g/mol. The van der Waals surface area contributed by atoms with E-state index in [0.717, 1.165) is 31.2 Å². The minimum atomic E-state index is -4.49. The Morgan fingerprint density at radius 3 is 2.63 bits per heavy atom. The Bertz CT molecular complexity index is 417. The van der Waals surface area contributed by atoms with Crippen molar-refractivity contribution in [1.29, 1.82) is 0 Å². The minimum absolute atomic E-state index is 0.199. The number of alkyl halides is 3. The summed E-state index contributed by atoms with van der Waals surface area (Å²) in [4.78, 5) is 14.9. The molecule has 0 bridgehead atoms. The third-order valence-electron chi connectivity index (χ3n) is 2.53. The van der Waals surface area contributed by atoms with Crippen molar-refractivity contribution in [2.45, 2.75) is 38.4 Å². The number of pyridine rings is 1. The van der Waals surface area contributed by atoms with E-state index in [2.05, 4.69) is 10.3 Å². The van der Waals surface area contributed by atoms with Gasteiger partial charge in [-0.1, -0.05) is 19.8 Å². The third-order valence-corrected chi connectivity index (χ3v) is 2.53. The topological polar surface area (TPSA) is 68.0 Å². The molecule has 1 unspecified atom stereocenters. The summed E-state index contributed by atoms with van der Waals surface area (Å²) in [5.74, 6) is -0.421. The second kappa shape index (κ2) is 6.51. The maximum atomic E-state index is 12.3. The average Bonchev–Trinajstić information content (AvgIpc) is 2.35. The molecule has 0 radical (unpaired) electrons. The molecule has 0 aliphatic rings. The van der Waals surface area contributed by atoms with Crippen LogP contribution in [-0.2, 0) is 11.0 Å². The van der Waals surface area contributed by atoms with Crippen LogP contribution in [0.4, 0.5) is 18.9 Å². The van der Waals surface area contributed by atoms with Gasteiger partial charge in [0.1, 0.15) is 5.69 Å². The summed E-state index contributed by atoms with van der Waals surface area (Å²) in [6.07, 6.45) is -1.24. The number of amides is 1. The van der Waals surface area contributed by atoms with Gasteiger partial charge in [0.05, 0.1) is 17.9 Å². The molecule has 0 saturated carbocycles. The smallest absolute Gasteiger partial charge is 0.323 e. The van der Waals surface area contributed by atoms with E-state index in [9.17, 15) is 18.0 Å². The van der Waals surface area contributed by atoms with Crippen LogP contribution in [-0.4, -0.2) is 16.9 Å². The number of rotatable bonds is 5. The van der Waals surface area contributed by atoms with Gasteiger partial charge in [0, 0.05) is 0 Å². The molecule has 19 heavy (non-hydrogen) atoms. The predicted molar refractivity (Wildman–Crippen MR) is 65.4 cm³/mol. The Labute approximate surface area is 109 Å². The van der Waals surface area contributed by atoms with Gasteiger partial charge in [0.25, 0.3) is 0 Å². The number of nitrogens with two attached hydrogens (primary N) is 1. The first-order chi connectivity index (χ1) is 8.84. The molecule has 1 aromatic heterocycles. The van der Waals surface area contributed by atoms with Gasteiger partial charge in [-0.2, -0.15) is 13.2 Å². The fraction of sp³-hybridized carbons (Fsp3) is 0.500. The molecule has 1 rings (SSSR count). The van der Waals surface area contributed by atoms with Gasteiger partial charge in [-0.15, -0.1) is 0 Å². The number of aromatic nitrogens is 1. The van der Waals surface area contributed by atoms with Crippen molar-refractivity contribution >= 4 is 11.6 Å². The maximum Gasteiger partial charge on any atom is 0.433 e. The molecule has 0 saturated heterocycles. The van der Waals surface area contributed by atoms with E-state index < -0.39 is 23.8 Å². The van der Waals surface area contributed by atoms with E-state index in [1.54, 1.807) is 0 Å². The summed E-state index contributed by atoms with van der Waals surface area (Å²) >= 11 is 0. The minimum Gasteiger partial charge on any atom is -0.323 e. The first kappa shape index (κ1) is 15.4. The normalized spacial score (nSPS) is 13.1. The predicted octanol–water partition coefficient (Wildman–Crippen LogP) is 2.56. The Balaban J connectivity index is 2.60. The molecule has 0 spiro atoms. The number of nitrogens with zero attached hydrogens (tertiary/aromatic N) is 1. The zero-order chi connectivity index (χ0) is 14.5. The lowest BCUT2D eigenvalue weighted by molar-refractivity contribution is -0.141. The van der Waals surface area contributed by atoms with Crippen molar-refractivity contribution in [3.05, 3.63) is 24.0 Å². The second-order valence-electron chi connectivity index (χ2n) is 4.17. The zero-order valence-corrected chi connectivity index (χ0v) is 10.5. The van der Waals surface area contributed by atoms with Gasteiger partial charge in [0.2, 0.25) is 5.91 Å². The van der Waals surface area contributed by atoms with Crippen LogP contribution >= 0.6 is 0 Å². The number of anilines is 1. The van der Waals surface area contributed by atoms with Gasteiger partial charge in [-0.25, -0.2) is 4.98 Å². The van der Waals surface area contributed by atoms with Gasteiger partial charge < -0.3 is 11.1 Å². The molecular formula is C12H16F3N3O. The van der Waals surface area contributed by atoms with Crippen LogP contribution in [0.15, 0.2) is 18.3 Å². The summed E-state index contributed by atoms with van der Waals surface area (Å²) in [6, 6.07) is 1.30. The van der Waals surface area contributed by atoms with Crippen LogP contribution in [0.5, 0.6) is 0 Å². The molecule has 7 heteroatoms. The molecule has 4 nitrogen and oxygen atoms in total. The first-order valence-corrected chi connectivity index (χ1v) is 5.94. The molecule has 3 N–H and O–H groups in total. The van der Waals surface area contributed by atoms with Crippen LogP contribution in [0, 0.1) is 0 Å². The van der Waals surface area contributed by atoms with Crippen LogP contribution in [0.1, 0.15) is 31.9 Å². The van der Waals surface area contributed by atoms with Gasteiger partial charge in [-0.05, 0) is 18.6 Å². The summed E-state index contributed by atoms with van der Waals surface area (Å²) in [7, 11) is 0. The van der Waals surface area contributed by atoms with Crippen molar-refractivity contribution in [3.63, 3.8) is 0 Å². The lowest BCUT2D eigenvalue weighted by Gasteiger charge is -2.12. The van der Waals surface area contributed by atoms with Crippen molar-refractivity contribution in [3.8, 4) is 0 Å². The van der Waals surface area contributed by atoms with E-state index in [1.165, 1.54) is 0 Å². The molecule has 106 valence electrons. The third kappa shape index (κ3) is 4.86. The highest BCUT2D eigenvalue weighted by molar-refractivity contribution is 5.94. The molecule has 0 aromatic carbocycles. The number of halogens is 3. The Hall–Kier alpha value is -1.63. The second-order valence-corrected chi connectivity index (χ2v) is 4.17. The number of carbonyl (C=O) groups is 1. The quantitative estimate of drug-likeness (QED) is 0.867. The zero-order valence-electron chi connectivity index (χ0n) is 10.5. The molecule has 1 amide bonds. The van der Waals surface area contributed by atoms with Crippen LogP contribution in [0.3, 0.4) is 0 Å². The van der Waals surface area contributed by atoms with E-state index in [-0.39, 0.29) is 5.69 Å². The average molecular weight is 275 g/mol. The van der Waals surface area contributed by atoms with Crippen molar-refractivity contribution < 1.29 is 18.0 Å².